The number of carbonyl (C=O) groups excluding carboxylic acids is 1. The van der Waals surface area contributed by atoms with E-state index in [0.717, 1.165) is 10.9 Å². The molecular formula is C28H38O7Si. The van der Waals surface area contributed by atoms with E-state index in [9.17, 15) is 9.90 Å². The number of phenolic OH excluding ortho intramolecular Hbond substituents is 1. The Labute approximate surface area is 214 Å². The summed E-state index contributed by atoms with van der Waals surface area (Å²) in [6.07, 6.45) is 0.0120. The van der Waals surface area contributed by atoms with E-state index in [0.29, 0.717) is 29.5 Å². The van der Waals surface area contributed by atoms with Crippen LogP contribution in [0.5, 0.6) is 11.5 Å². The number of benzene rings is 2. The van der Waals surface area contributed by atoms with E-state index in [1.807, 2.05) is 39.0 Å². The minimum absolute atomic E-state index is 0.00838. The average molecular weight is 515 g/mol. The number of Topliss-reactive ketones (excluding diaryl/α,β-unsaturated/α-hetero) is 1. The molecule has 36 heavy (non-hydrogen) atoms. The number of hydrogen-bond acceptors (Lipinski definition) is 7. The molecule has 0 amide bonds. The maximum absolute atomic E-state index is 14.2. The van der Waals surface area contributed by atoms with Crippen LogP contribution in [0.1, 0.15) is 43.1 Å². The molecule has 3 aliphatic rings. The van der Waals surface area contributed by atoms with Gasteiger partial charge in [0.25, 0.3) is 0 Å². The molecule has 7 nitrogen and oxygen atoms in total. The Kier molecular flexibility index (Phi) is 6.08. The Morgan fingerprint density at radius 1 is 1.17 bits per heavy atom. The first kappa shape index (κ1) is 25.7. The van der Waals surface area contributed by atoms with Gasteiger partial charge in [-0.05, 0) is 70.3 Å². The molecule has 2 aromatic rings. The smallest absolute Gasteiger partial charge is 0.184 e. The standard InChI is InChI=1S/C28H38O7Si/c1-15(31-4)28(35-36(6,7)8)14-19-18(25-26(28)34-27(2,3)33-25)13-17-12-16-10-9-11-20(32-5)21(16)24(30)22(17)23(19)29/h9-12,15,18-19,25-26,30H,13-14H2,1-8H3/t15-,18-,19+,25-,26-,28-/m1/s1. The van der Waals surface area contributed by atoms with Crippen molar-refractivity contribution in [3.05, 3.63) is 35.4 Å². The number of fused-ring (bicyclic) bond motifs is 5. The van der Waals surface area contributed by atoms with Crippen LogP contribution in [0.2, 0.25) is 19.6 Å². The molecule has 0 radical (unpaired) electrons. The maximum Gasteiger partial charge on any atom is 0.184 e. The van der Waals surface area contributed by atoms with Crippen molar-refractivity contribution in [3.63, 3.8) is 0 Å². The Balaban J connectivity index is 1.69. The van der Waals surface area contributed by atoms with Crippen molar-refractivity contribution in [3.8, 4) is 11.5 Å². The first-order valence-electron chi connectivity index (χ1n) is 12.8. The summed E-state index contributed by atoms with van der Waals surface area (Å²) >= 11 is 0. The van der Waals surface area contributed by atoms with Gasteiger partial charge >= 0.3 is 0 Å². The molecule has 2 aromatic carbocycles. The second-order valence-electron chi connectivity index (χ2n) is 11.9. The van der Waals surface area contributed by atoms with Crippen molar-refractivity contribution in [2.24, 2.45) is 11.8 Å². The molecule has 8 heteroatoms. The van der Waals surface area contributed by atoms with Crippen LogP contribution >= 0.6 is 0 Å². The summed E-state index contributed by atoms with van der Waals surface area (Å²) < 4.78 is 31.4. The lowest BCUT2D eigenvalue weighted by molar-refractivity contribution is -0.197. The summed E-state index contributed by atoms with van der Waals surface area (Å²) in [7, 11) is 1.14. The predicted octanol–water partition coefficient (Wildman–Crippen LogP) is 5.07. The van der Waals surface area contributed by atoms with Crippen molar-refractivity contribution in [2.45, 2.75) is 83.0 Å². The number of carbonyl (C=O) groups is 1. The third kappa shape index (κ3) is 3.89. The molecule has 0 bridgehead atoms. The monoisotopic (exact) mass is 514 g/mol. The molecule has 1 N–H and O–H groups in total. The van der Waals surface area contributed by atoms with Crippen molar-refractivity contribution >= 4 is 24.9 Å². The quantitative estimate of drug-likeness (QED) is 0.558. The van der Waals surface area contributed by atoms with Crippen molar-refractivity contribution in [1.82, 2.24) is 0 Å². The van der Waals surface area contributed by atoms with E-state index >= 15 is 0 Å². The lowest BCUT2D eigenvalue weighted by Crippen LogP contribution is -2.67. The fourth-order valence-electron chi connectivity index (χ4n) is 6.72. The Bertz CT molecular complexity index is 1200. The number of phenols is 1. The second kappa shape index (κ2) is 8.53. The highest BCUT2D eigenvalue weighted by molar-refractivity contribution is 6.69. The number of rotatable bonds is 5. The molecule has 5 rings (SSSR count). The van der Waals surface area contributed by atoms with E-state index < -0.39 is 25.6 Å². The fourth-order valence-corrected chi connectivity index (χ4v) is 8.22. The molecule has 2 fully saturated rings. The Morgan fingerprint density at radius 3 is 2.53 bits per heavy atom. The molecule has 1 saturated heterocycles. The van der Waals surface area contributed by atoms with Gasteiger partial charge in [0, 0.05) is 18.9 Å². The van der Waals surface area contributed by atoms with E-state index in [1.165, 1.54) is 0 Å². The highest BCUT2D eigenvalue weighted by Gasteiger charge is 2.66. The minimum Gasteiger partial charge on any atom is -0.506 e. The lowest BCUT2D eigenvalue weighted by atomic mass is 9.60. The van der Waals surface area contributed by atoms with E-state index in [4.69, 9.17) is 23.4 Å². The van der Waals surface area contributed by atoms with Crippen LogP contribution in [-0.2, 0) is 25.1 Å². The van der Waals surface area contributed by atoms with Gasteiger partial charge in [0.1, 0.15) is 23.2 Å². The average Bonchev–Trinajstić information content (AvgIpc) is 3.14. The van der Waals surface area contributed by atoms with Crippen LogP contribution in [0, 0.1) is 11.8 Å². The molecule has 0 unspecified atom stereocenters. The highest BCUT2D eigenvalue weighted by Crippen LogP contribution is 2.55. The van der Waals surface area contributed by atoms with Crippen LogP contribution in [0.15, 0.2) is 24.3 Å². The Morgan fingerprint density at radius 2 is 1.89 bits per heavy atom. The zero-order valence-corrected chi connectivity index (χ0v) is 23.5. The zero-order valence-electron chi connectivity index (χ0n) is 22.5. The van der Waals surface area contributed by atoms with Crippen LogP contribution < -0.4 is 4.74 Å². The molecule has 1 aliphatic heterocycles. The van der Waals surface area contributed by atoms with Crippen LogP contribution in [0.3, 0.4) is 0 Å². The third-order valence-corrected chi connectivity index (χ3v) is 9.06. The van der Waals surface area contributed by atoms with Gasteiger partial charge in [-0.1, -0.05) is 18.2 Å². The van der Waals surface area contributed by atoms with E-state index in [1.54, 1.807) is 20.3 Å². The zero-order chi connectivity index (χ0) is 26.2. The van der Waals surface area contributed by atoms with E-state index in [2.05, 4.69) is 19.6 Å². The molecule has 0 spiro atoms. The highest BCUT2D eigenvalue weighted by atomic mass is 28.4. The number of ether oxygens (including phenoxy) is 4. The van der Waals surface area contributed by atoms with Gasteiger partial charge < -0.3 is 28.5 Å². The van der Waals surface area contributed by atoms with Crippen LogP contribution in [0.25, 0.3) is 10.8 Å². The summed E-state index contributed by atoms with van der Waals surface area (Å²) in [6, 6.07) is 7.63. The Hall–Kier alpha value is -1.97. The number of ketones is 1. The van der Waals surface area contributed by atoms with Gasteiger partial charge in [-0.15, -0.1) is 0 Å². The van der Waals surface area contributed by atoms with E-state index in [-0.39, 0.29) is 35.8 Å². The van der Waals surface area contributed by atoms with Crippen molar-refractivity contribution in [2.75, 3.05) is 14.2 Å². The molecule has 1 saturated carbocycles. The summed E-state index contributed by atoms with van der Waals surface area (Å²) in [5.74, 6) is -0.848. The minimum atomic E-state index is -2.10. The topological polar surface area (TPSA) is 83.5 Å². The maximum atomic E-state index is 14.2. The van der Waals surface area contributed by atoms with Gasteiger partial charge in [0.15, 0.2) is 19.9 Å². The first-order valence-corrected chi connectivity index (χ1v) is 16.2. The van der Waals surface area contributed by atoms with Crippen molar-refractivity contribution < 1.29 is 33.3 Å². The van der Waals surface area contributed by atoms with Crippen molar-refractivity contribution in [1.29, 1.82) is 0 Å². The summed E-state index contributed by atoms with van der Waals surface area (Å²) in [5, 5.41) is 12.8. The molecule has 0 aromatic heterocycles. The fraction of sp³-hybridized carbons (Fsp3) is 0.607. The van der Waals surface area contributed by atoms with Gasteiger partial charge in [-0.25, -0.2) is 0 Å². The van der Waals surface area contributed by atoms with Gasteiger partial charge in [-0.3, -0.25) is 4.79 Å². The molecule has 196 valence electrons. The first-order chi connectivity index (χ1) is 16.8. The summed E-state index contributed by atoms with van der Waals surface area (Å²) in [6.45, 7) is 12.2. The third-order valence-electron chi connectivity index (χ3n) is 8.07. The number of hydrogen-bond donors (Lipinski definition) is 1. The number of methoxy groups -OCH3 is 2. The predicted molar refractivity (Wildman–Crippen MR) is 139 cm³/mol. The molecule has 6 atom stereocenters. The van der Waals surface area contributed by atoms with Gasteiger partial charge in [0.05, 0.1) is 30.3 Å². The SMILES string of the molecule is COc1cccc2cc3c(c(O)c12)C(=O)[C@H]1C[C@@](O[Si](C)(C)C)([C@@H](C)OC)[C@@H]2OC(C)(C)O[C@@H]2[C@@H]1C3. The van der Waals surface area contributed by atoms with Crippen LogP contribution in [-0.4, -0.2) is 63.1 Å². The summed E-state index contributed by atoms with van der Waals surface area (Å²) in [4.78, 5) is 14.2. The normalized spacial score (nSPS) is 32.1. The van der Waals surface area contributed by atoms with Gasteiger partial charge in [0.2, 0.25) is 0 Å². The molecular weight excluding hydrogens is 476 g/mol. The van der Waals surface area contributed by atoms with Crippen LogP contribution in [0.4, 0.5) is 0 Å². The largest absolute Gasteiger partial charge is 0.506 e. The van der Waals surface area contributed by atoms with Gasteiger partial charge in [-0.2, -0.15) is 0 Å². The summed E-state index contributed by atoms with van der Waals surface area (Å²) in [5.41, 5.74) is 0.373. The second-order valence-corrected chi connectivity index (χ2v) is 16.4. The molecule has 2 aliphatic carbocycles. The molecule has 1 heterocycles. The lowest BCUT2D eigenvalue weighted by Gasteiger charge is -2.54. The number of aromatic hydroxyl groups is 1.